The molecule has 0 amide bonds. The van der Waals surface area contributed by atoms with Crippen LogP contribution in [0.2, 0.25) is 0 Å². The van der Waals surface area contributed by atoms with E-state index in [2.05, 4.69) is 37.0 Å². The van der Waals surface area contributed by atoms with Gasteiger partial charge in [0.2, 0.25) is 5.90 Å². The van der Waals surface area contributed by atoms with Crippen LogP contribution >= 0.6 is 0 Å². The normalized spacial score (nSPS) is 14.8. The van der Waals surface area contributed by atoms with Crippen LogP contribution < -0.4 is 0 Å². The molecule has 1 aliphatic rings. The van der Waals surface area contributed by atoms with Gasteiger partial charge in [-0.25, -0.2) is 9.98 Å². The van der Waals surface area contributed by atoms with Crippen LogP contribution in [-0.2, 0) is 4.74 Å². The molecule has 2 aromatic rings. The molecule has 3 rings (SSSR count). The summed E-state index contributed by atoms with van der Waals surface area (Å²) in [6.07, 6.45) is 0. The fourth-order valence-corrected chi connectivity index (χ4v) is 2.40. The van der Waals surface area contributed by atoms with E-state index in [1.807, 2.05) is 30.3 Å². The van der Waals surface area contributed by atoms with E-state index < -0.39 is 0 Å². The molecule has 0 spiro atoms. The molecule has 0 aromatic heterocycles. The van der Waals surface area contributed by atoms with Crippen molar-refractivity contribution in [3.8, 4) is 0 Å². The van der Waals surface area contributed by atoms with Crippen molar-refractivity contribution in [2.45, 2.75) is 13.8 Å². The lowest BCUT2D eigenvalue weighted by Crippen LogP contribution is -2.16. The van der Waals surface area contributed by atoms with Gasteiger partial charge in [0.15, 0.2) is 0 Å². The molecule has 106 valence electrons. The maximum atomic E-state index is 5.64. The number of benzene rings is 2. The highest BCUT2D eigenvalue weighted by atomic mass is 16.5. The lowest BCUT2D eigenvalue weighted by Gasteiger charge is -2.10. The summed E-state index contributed by atoms with van der Waals surface area (Å²) in [5.41, 5.74) is 5.14. The van der Waals surface area contributed by atoms with Crippen molar-refractivity contribution in [2.75, 3.05) is 13.2 Å². The molecule has 0 bridgehead atoms. The summed E-state index contributed by atoms with van der Waals surface area (Å²) in [6.45, 7) is 5.49. The highest BCUT2D eigenvalue weighted by Gasteiger charge is 2.18. The number of para-hydroxylation sites is 1. The number of hydrogen-bond donors (Lipinski definition) is 0. The van der Waals surface area contributed by atoms with E-state index in [0.29, 0.717) is 19.0 Å². The van der Waals surface area contributed by atoms with Crippen molar-refractivity contribution in [1.29, 1.82) is 0 Å². The van der Waals surface area contributed by atoms with Crippen LogP contribution in [-0.4, -0.2) is 24.8 Å². The van der Waals surface area contributed by atoms with Gasteiger partial charge in [0.05, 0.1) is 12.2 Å². The predicted molar refractivity (Wildman–Crippen MR) is 86.8 cm³/mol. The van der Waals surface area contributed by atoms with Crippen molar-refractivity contribution in [3.05, 3.63) is 65.2 Å². The Morgan fingerprint density at radius 2 is 1.71 bits per heavy atom. The predicted octanol–water partition coefficient (Wildman–Crippen LogP) is 3.85. The third-order valence-electron chi connectivity index (χ3n) is 3.50. The Morgan fingerprint density at radius 3 is 2.33 bits per heavy atom. The summed E-state index contributed by atoms with van der Waals surface area (Å²) in [6, 6.07) is 16.3. The molecule has 21 heavy (non-hydrogen) atoms. The molecule has 0 aliphatic carbocycles. The van der Waals surface area contributed by atoms with E-state index in [9.17, 15) is 0 Å². The van der Waals surface area contributed by atoms with Gasteiger partial charge in [-0.1, -0.05) is 48.5 Å². The van der Waals surface area contributed by atoms with Crippen molar-refractivity contribution < 1.29 is 4.74 Å². The molecule has 0 unspecified atom stereocenters. The molecule has 0 saturated carbocycles. The fraction of sp³-hybridized carbons (Fsp3) is 0.222. The minimum absolute atomic E-state index is 0.633. The lowest BCUT2D eigenvalue weighted by molar-refractivity contribution is 0.353. The van der Waals surface area contributed by atoms with Crippen LogP contribution in [0, 0.1) is 13.8 Å². The first-order chi connectivity index (χ1) is 10.3. The maximum absolute atomic E-state index is 5.64. The molecule has 0 fully saturated rings. The SMILES string of the molecule is Cc1cccc(C)c1/N=C(/C1=NCCO1)c1ccccc1. The minimum atomic E-state index is 0.633. The minimum Gasteiger partial charge on any atom is -0.474 e. The molecule has 0 N–H and O–H groups in total. The molecule has 0 saturated heterocycles. The maximum Gasteiger partial charge on any atom is 0.236 e. The van der Waals surface area contributed by atoms with Crippen LogP contribution in [0.5, 0.6) is 0 Å². The van der Waals surface area contributed by atoms with Crippen molar-refractivity contribution in [2.24, 2.45) is 9.98 Å². The Hall–Kier alpha value is -2.42. The molecule has 3 nitrogen and oxygen atoms in total. The van der Waals surface area contributed by atoms with E-state index in [4.69, 9.17) is 9.73 Å². The van der Waals surface area contributed by atoms with Crippen LogP contribution in [0.25, 0.3) is 0 Å². The van der Waals surface area contributed by atoms with Gasteiger partial charge in [-0.15, -0.1) is 0 Å². The standard InChI is InChI=1S/C18H18N2O/c1-13-7-6-8-14(2)16(13)20-17(18-19-11-12-21-18)15-9-4-3-5-10-15/h3-10H,11-12H2,1-2H3/b20-17+. The number of hydrogen-bond acceptors (Lipinski definition) is 3. The lowest BCUT2D eigenvalue weighted by atomic mass is 10.1. The summed E-state index contributed by atoms with van der Waals surface area (Å²) in [7, 11) is 0. The third-order valence-corrected chi connectivity index (χ3v) is 3.50. The largest absolute Gasteiger partial charge is 0.474 e. The van der Waals surface area contributed by atoms with Gasteiger partial charge < -0.3 is 4.74 Å². The Morgan fingerprint density at radius 1 is 1.00 bits per heavy atom. The van der Waals surface area contributed by atoms with Crippen molar-refractivity contribution in [3.63, 3.8) is 0 Å². The zero-order valence-electron chi connectivity index (χ0n) is 12.3. The second-order valence-corrected chi connectivity index (χ2v) is 5.10. The first-order valence-corrected chi connectivity index (χ1v) is 7.13. The van der Waals surface area contributed by atoms with E-state index in [1.165, 1.54) is 0 Å². The summed E-state index contributed by atoms with van der Waals surface area (Å²) >= 11 is 0. The number of aryl methyl sites for hydroxylation is 2. The Kier molecular flexibility index (Phi) is 3.82. The summed E-state index contributed by atoms with van der Waals surface area (Å²) in [4.78, 5) is 9.30. The average molecular weight is 278 g/mol. The van der Waals surface area contributed by atoms with Gasteiger partial charge in [0, 0.05) is 5.56 Å². The van der Waals surface area contributed by atoms with Crippen LogP contribution in [0.1, 0.15) is 16.7 Å². The van der Waals surface area contributed by atoms with E-state index >= 15 is 0 Å². The van der Waals surface area contributed by atoms with Crippen molar-refractivity contribution >= 4 is 17.3 Å². The third kappa shape index (κ3) is 2.87. The molecule has 1 aliphatic heterocycles. The second kappa shape index (κ2) is 5.92. The highest BCUT2D eigenvalue weighted by Crippen LogP contribution is 2.25. The zero-order chi connectivity index (χ0) is 14.7. The highest BCUT2D eigenvalue weighted by molar-refractivity contribution is 6.46. The van der Waals surface area contributed by atoms with Crippen molar-refractivity contribution in [1.82, 2.24) is 0 Å². The average Bonchev–Trinajstić information content (AvgIpc) is 3.02. The molecular weight excluding hydrogens is 260 g/mol. The first kappa shape index (κ1) is 13.6. The molecule has 1 heterocycles. The van der Waals surface area contributed by atoms with Crippen LogP contribution in [0.4, 0.5) is 5.69 Å². The van der Waals surface area contributed by atoms with E-state index in [0.717, 1.165) is 28.1 Å². The summed E-state index contributed by atoms with van der Waals surface area (Å²) in [5.74, 6) is 0.642. The number of nitrogens with zero attached hydrogens (tertiary/aromatic N) is 2. The molecule has 2 aromatic carbocycles. The number of aliphatic imine (C=N–C) groups is 2. The first-order valence-electron chi connectivity index (χ1n) is 7.13. The quantitative estimate of drug-likeness (QED) is 0.785. The van der Waals surface area contributed by atoms with E-state index in [-0.39, 0.29) is 0 Å². The van der Waals surface area contributed by atoms with Gasteiger partial charge in [0.1, 0.15) is 12.3 Å². The molecule has 3 heteroatoms. The summed E-state index contributed by atoms with van der Waals surface area (Å²) < 4.78 is 5.64. The summed E-state index contributed by atoms with van der Waals surface area (Å²) in [5, 5.41) is 0. The van der Waals surface area contributed by atoms with Gasteiger partial charge in [-0.05, 0) is 25.0 Å². The monoisotopic (exact) mass is 278 g/mol. The molecule has 0 radical (unpaired) electrons. The zero-order valence-corrected chi connectivity index (χ0v) is 12.3. The van der Waals surface area contributed by atoms with Gasteiger partial charge in [-0.3, -0.25) is 0 Å². The smallest absolute Gasteiger partial charge is 0.236 e. The van der Waals surface area contributed by atoms with Gasteiger partial charge in [0.25, 0.3) is 0 Å². The van der Waals surface area contributed by atoms with Crippen LogP contribution in [0.15, 0.2) is 58.5 Å². The Bertz CT molecular complexity index is 682. The van der Waals surface area contributed by atoms with Crippen LogP contribution in [0.3, 0.4) is 0 Å². The Labute approximate surface area is 125 Å². The molecule has 0 atom stereocenters. The Balaban J connectivity index is 2.13. The number of ether oxygens (including phenoxy) is 1. The topological polar surface area (TPSA) is 34.0 Å². The second-order valence-electron chi connectivity index (χ2n) is 5.10. The van der Waals surface area contributed by atoms with Gasteiger partial charge in [-0.2, -0.15) is 0 Å². The van der Waals surface area contributed by atoms with Gasteiger partial charge >= 0.3 is 0 Å². The molecular formula is C18H18N2O. The van der Waals surface area contributed by atoms with E-state index in [1.54, 1.807) is 0 Å². The number of rotatable bonds is 3. The fourth-order valence-electron chi connectivity index (χ4n) is 2.40.